The van der Waals surface area contributed by atoms with Crippen molar-refractivity contribution >= 4 is 15.9 Å². The molecule has 0 atom stereocenters. The largest absolute Gasteiger partial charge is 0.496 e. The van der Waals surface area contributed by atoms with E-state index in [0.717, 1.165) is 5.56 Å². The highest BCUT2D eigenvalue weighted by molar-refractivity contribution is 7.89. The molecule has 2 aromatic rings. The van der Waals surface area contributed by atoms with E-state index in [-0.39, 0.29) is 17.0 Å². The zero-order valence-electron chi connectivity index (χ0n) is 15.1. The van der Waals surface area contributed by atoms with Crippen molar-refractivity contribution < 1.29 is 22.7 Å². The Kier molecular flexibility index (Phi) is 6.23. The highest BCUT2D eigenvalue weighted by Gasteiger charge is 2.24. The molecule has 1 N–H and O–H groups in total. The number of hydrogen-bond acceptors (Lipinski definition) is 5. The van der Waals surface area contributed by atoms with Crippen LogP contribution in [0.3, 0.4) is 0 Å². The molecule has 0 aliphatic heterocycles. The first-order valence-corrected chi connectivity index (χ1v) is 9.27. The molecule has 8 heteroatoms. The van der Waals surface area contributed by atoms with Crippen molar-refractivity contribution in [2.24, 2.45) is 0 Å². The highest BCUT2D eigenvalue weighted by Crippen LogP contribution is 2.26. The maximum atomic E-state index is 12.9. The van der Waals surface area contributed by atoms with E-state index in [1.165, 1.54) is 50.8 Å². The minimum atomic E-state index is -3.81. The van der Waals surface area contributed by atoms with Crippen molar-refractivity contribution in [2.75, 3.05) is 28.3 Å². The van der Waals surface area contributed by atoms with Gasteiger partial charge in [0, 0.05) is 26.2 Å². The Labute approximate surface area is 153 Å². The van der Waals surface area contributed by atoms with Crippen molar-refractivity contribution in [3.8, 4) is 11.5 Å². The molecule has 2 aromatic carbocycles. The lowest BCUT2D eigenvalue weighted by Crippen LogP contribution is -2.27. The van der Waals surface area contributed by atoms with Gasteiger partial charge in [0.15, 0.2) is 0 Å². The Morgan fingerprint density at radius 1 is 1.08 bits per heavy atom. The summed E-state index contributed by atoms with van der Waals surface area (Å²) in [7, 11) is 2.09. The van der Waals surface area contributed by atoms with Crippen LogP contribution in [0, 0.1) is 0 Å². The van der Waals surface area contributed by atoms with Crippen molar-refractivity contribution in [2.45, 2.75) is 11.4 Å². The number of nitrogens with zero attached hydrogens (tertiary/aromatic N) is 1. The van der Waals surface area contributed by atoms with Crippen LogP contribution in [-0.4, -0.2) is 46.9 Å². The molecule has 0 aromatic heterocycles. The molecule has 7 nitrogen and oxygen atoms in total. The van der Waals surface area contributed by atoms with Crippen LogP contribution >= 0.6 is 0 Å². The average molecular weight is 378 g/mol. The summed E-state index contributed by atoms with van der Waals surface area (Å²) in [6.07, 6.45) is 0. The van der Waals surface area contributed by atoms with Crippen molar-refractivity contribution in [1.82, 2.24) is 9.62 Å². The molecule has 140 valence electrons. The fourth-order valence-corrected chi connectivity index (χ4v) is 3.67. The van der Waals surface area contributed by atoms with E-state index in [1.54, 1.807) is 12.1 Å². The number of carbonyl (C=O) groups excluding carboxylic acids is 1. The van der Waals surface area contributed by atoms with Crippen LogP contribution in [0.1, 0.15) is 15.9 Å². The molecule has 0 fully saturated rings. The number of rotatable bonds is 7. The molecular formula is C18H22N2O5S. The first-order valence-electron chi connectivity index (χ1n) is 7.83. The monoisotopic (exact) mass is 378 g/mol. The lowest BCUT2D eigenvalue weighted by molar-refractivity contribution is 0.0960. The van der Waals surface area contributed by atoms with Crippen LogP contribution in [0.15, 0.2) is 47.4 Å². The van der Waals surface area contributed by atoms with Crippen molar-refractivity contribution in [1.29, 1.82) is 0 Å². The number of ether oxygens (including phenoxy) is 2. The van der Waals surface area contributed by atoms with Crippen LogP contribution in [-0.2, 0) is 16.6 Å². The average Bonchev–Trinajstić information content (AvgIpc) is 2.67. The summed E-state index contributed by atoms with van der Waals surface area (Å²) in [5.74, 6) is 0.484. The predicted octanol–water partition coefficient (Wildman–Crippen LogP) is 1.88. The molecule has 0 saturated heterocycles. The third-order valence-electron chi connectivity index (χ3n) is 3.94. The third kappa shape index (κ3) is 3.97. The number of nitrogens with one attached hydrogen (secondary N) is 1. The topological polar surface area (TPSA) is 84.9 Å². The number of amides is 1. The third-order valence-corrected chi connectivity index (χ3v) is 5.74. The summed E-state index contributed by atoms with van der Waals surface area (Å²) in [6.45, 7) is 0.133. The Balaban J connectivity index is 2.38. The van der Waals surface area contributed by atoms with Gasteiger partial charge in [0.2, 0.25) is 10.0 Å². The van der Waals surface area contributed by atoms with Gasteiger partial charge in [-0.3, -0.25) is 4.79 Å². The van der Waals surface area contributed by atoms with E-state index < -0.39 is 15.9 Å². The van der Waals surface area contributed by atoms with E-state index in [2.05, 4.69) is 5.32 Å². The molecule has 0 unspecified atom stereocenters. The van der Waals surface area contributed by atoms with E-state index >= 15 is 0 Å². The maximum Gasteiger partial charge on any atom is 0.254 e. The Morgan fingerprint density at radius 2 is 1.73 bits per heavy atom. The van der Waals surface area contributed by atoms with E-state index in [1.807, 2.05) is 12.1 Å². The molecule has 26 heavy (non-hydrogen) atoms. The summed E-state index contributed by atoms with van der Waals surface area (Å²) < 4.78 is 37.4. The molecule has 0 aliphatic carbocycles. The highest BCUT2D eigenvalue weighted by atomic mass is 32.2. The van der Waals surface area contributed by atoms with E-state index in [9.17, 15) is 13.2 Å². The molecule has 2 rings (SSSR count). The minimum absolute atomic E-state index is 0.00861. The zero-order valence-corrected chi connectivity index (χ0v) is 16.0. The summed E-state index contributed by atoms with van der Waals surface area (Å²) in [5.41, 5.74) is 0.892. The molecule has 0 spiro atoms. The molecule has 0 saturated carbocycles. The van der Waals surface area contributed by atoms with Crippen LogP contribution in [0.25, 0.3) is 0 Å². The van der Waals surface area contributed by atoms with Crippen LogP contribution < -0.4 is 14.8 Å². The van der Waals surface area contributed by atoms with Crippen LogP contribution in [0.2, 0.25) is 0 Å². The zero-order chi connectivity index (χ0) is 19.3. The second-order valence-electron chi connectivity index (χ2n) is 5.51. The van der Waals surface area contributed by atoms with Gasteiger partial charge < -0.3 is 14.8 Å². The summed E-state index contributed by atoms with van der Waals surface area (Å²) >= 11 is 0. The van der Waals surface area contributed by atoms with Gasteiger partial charge in [-0.25, -0.2) is 8.42 Å². The van der Waals surface area contributed by atoms with Gasteiger partial charge in [-0.15, -0.1) is 0 Å². The van der Waals surface area contributed by atoms with Crippen molar-refractivity contribution in [3.05, 3.63) is 53.6 Å². The second-order valence-corrected chi connectivity index (χ2v) is 7.56. The summed E-state index contributed by atoms with van der Waals surface area (Å²) in [4.78, 5) is 12.0. The summed E-state index contributed by atoms with van der Waals surface area (Å²) in [6, 6.07) is 11.4. The quantitative estimate of drug-likeness (QED) is 0.795. The van der Waals surface area contributed by atoms with Gasteiger partial charge in [0.1, 0.15) is 11.5 Å². The molecule has 1 amide bonds. The minimum Gasteiger partial charge on any atom is -0.496 e. The van der Waals surface area contributed by atoms with Gasteiger partial charge in [-0.2, -0.15) is 4.31 Å². The van der Waals surface area contributed by atoms with Gasteiger partial charge >= 0.3 is 0 Å². The molecule has 0 heterocycles. The molecule has 0 radical (unpaired) electrons. The lowest BCUT2D eigenvalue weighted by Gasteiger charge is -2.19. The SMILES string of the molecule is CNC(=O)c1cc(S(=O)(=O)N(C)Cc2ccccc2OC)ccc1OC. The number of methoxy groups -OCH3 is 2. The van der Waals surface area contributed by atoms with E-state index in [0.29, 0.717) is 11.5 Å². The normalized spacial score (nSPS) is 11.3. The smallest absolute Gasteiger partial charge is 0.254 e. The second kappa shape index (κ2) is 8.20. The number of benzene rings is 2. The van der Waals surface area contributed by atoms with Gasteiger partial charge in [0.25, 0.3) is 5.91 Å². The maximum absolute atomic E-state index is 12.9. The summed E-state index contributed by atoms with van der Waals surface area (Å²) in [5, 5.41) is 2.47. The predicted molar refractivity (Wildman–Crippen MR) is 98.0 cm³/mol. The number of hydrogen-bond donors (Lipinski definition) is 1. The number of para-hydroxylation sites is 1. The Morgan fingerprint density at radius 3 is 2.35 bits per heavy atom. The number of carbonyl (C=O) groups is 1. The fourth-order valence-electron chi connectivity index (χ4n) is 2.50. The standard InChI is InChI=1S/C18H22N2O5S/c1-19-18(21)15-11-14(9-10-17(15)25-4)26(22,23)20(2)12-13-7-5-6-8-16(13)24-3/h5-11H,12H2,1-4H3,(H,19,21). The van der Waals surface area contributed by atoms with Crippen molar-refractivity contribution in [3.63, 3.8) is 0 Å². The van der Waals surface area contributed by atoms with Gasteiger partial charge in [0.05, 0.1) is 24.7 Å². The Hall–Kier alpha value is -2.58. The lowest BCUT2D eigenvalue weighted by atomic mass is 10.2. The van der Waals surface area contributed by atoms with Crippen LogP contribution in [0.5, 0.6) is 11.5 Å². The van der Waals surface area contributed by atoms with Gasteiger partial charge in [-0.1, -0.05) is 18.2 Å². The van der Waals surface area contributed by atoms with Gasteiger partial charge in [-0.05, 0) is 24.3 Å². The Bertz CT molecular complexity index is 896. The molecule has 0 aliphatic rings. The molecular weight excluding hydrogens is 356 g/mol. The number of sulfonamides is 1. The van der Waals surface area contributed by atoms with E-state index in [4.69, 9.17) is 9.47 Å². The first kappa shape index (κ1) is 19.7. The van der Waals surface area contributed by atoms with Crippen LogP contribution in [0.4, 0.5) is 0 Å². The first-order chi connectivity index (χ1) is 12.3. The fraction of sp³-hybridized carbons (Fsp3) is 0.278. The molecule has 0 bridgehead atoms.